The molecule has 0 N–H and O–H groups in total. The third-order valence-electron chi connectivity index (χ3n) is 3.71. The predicted octanol–water partition coefficient (Wildman–Crippen LogP) is 5.75. The van der Waals surface area contributed by atoms with Crippen LogP contribution < -0.4 is 4.74 Å². The molecule has 3 aromatic carbocycles. The molecule has 0 atom stereocenters. The zero-order valence-corrected chi connectivity index (χ0v) is 13.5. The first-order chi connectivity index (χ1) is 11.2. The Morgan fingerprint density at radius 2 is 1.61 bits per heavy atom. The molecule has 1 nitrogen and oxygen atoms in total. The van der Waals surface area contributed by atoms with Gasteiger partial charge in [0.2, 0.25) is 0 Å². The molecule has 0 aliphatic carbocycles. The third kappa shape index (κ3) is 3.54. The van der Waals surface area contributed by atoms with Crippen LogP contribution in [0.15, 0.2) is 66.7 Å². The Morgan fingerprint density at radius 1 is 0.913 bits per heavy atom. The van der Waals surface area contributed by atoms with Crippen molar-refractivity contribution in [3.63, 3.8) is 0 Å². The topological polar surface area (TPSA) is 9.23 Å². The van der Waals surface area contributed by atoms with Gasteiger partial charge in [0.1, 0.15) is 11.6 Å². The van der Waals surface area contributed by atoms with Crippen LogP contribution in [0.25, 0.3) is 11.1 Å². The van der Waals surface area contributed by atoms with Crippen LogP contribution in [0.2, 0.25) is 5.02 Å². The van der Waals surface area contributed by atoms with Crippen molar-refractivity contribution in [1.29, 1.82) is 0 Å². The van der Waals surface area contributed by atoms with Crippen LogP contribution in [0.1, 0.15) is 11.1 Å². The lowest BCUT2D eigenvalue weighted by Gasteiger charge is -2.13. The van der Waals surface area contributed by atoms with Gasteiger partial charge in [0, 0.05) is 5.56 Å². The van der Waals surface area contributed by atoms with E-state index in [-0.39, 0.29) is 5.82 Å². The van der Waals surface area contributed by atoms with Crippen molar-refractivity contribution < 1.29 is 9.13 Å². The predicted molar refractivity (Wildman–Crippen MR) is 92.6 cm³/mol. The van der Waals surface area contributed by atoms with Crippen molar-refractivity contribution in [3.05, 3.63) is 88.7 Å². The molecule has 0 unspecified atom stereocenters. The van der Waals surface area contributed by atoms with E-state index >= 15 is 0 Å². The maximum absolute atomic E-state index is 13.0. The summed E-state index contributed by atoms with van der Waals surface area (Å²) in [4.78, 5) is 0. The van der Waals surface area contributed by atoms with Gasteiger partial charge in [-0.05, 0) is 47.4 Å². The second-order valence-electron chi connectivity index (χ2n) is 5.33. The zero-order chi connectivity index (χ0) is 16.2. The largest absolute Gasteiger partial charge is 0.495 e. The first-order valence-electron chi connectivity index (χ1n) is 7.33. The van der Waals surface area contributed by atoms with Crippen molar-refractivity contribution in [1.82, 2.24) is 0 Å². The molecule has 0 spiro atoms. The minimum absolute atomic E-state index is 0.230. The number of halogens is 2. The van der Waals surface area contributed by atoms with Crippen LogP contribution in [-0.4, -0.2) is 7.11 Å². The van der Waals surface area contributed by atoms with Crippen molar-refractivity contribution in [2.45, 2.75) is 6.42 Å². The molecule has 0 radical (unpaired) electrons. The molecule has 23 heavy (non-hydrogen) atoms. The van der Waals surface area contributed by atoms with E-state index in [0.717, 1.165) is 22.3 Å². The lowest BCUT2D eigenvalue weighted by atomic mass is 9.98. The molecule has 0 heterocycles. The van der Waals surface area contributed by atoms with E-state index in [1.807, 2.05) is 36.4 Å². The number of hydrogen-bond donors (Lipinski definition) is 0. The Morgan fingerprint density at radius 3 is 2.26 bits per heavy atom. The average Bonchev–Trinajstić information content (AvgIpc) is 2.57. The fraction of sp³-hybridized carbons (Fsp3) is 0.100. The van der Waals surface area contributed by atoms with Gasteiger partial charge in [-0.15, -0.1) is 0 Å². The van der Waals surface area contributed by atoms with Crippen molar-refractivity contribution in [3.8, 4) is 16.9 Å². The Hall–Kier alpha value is -2.32. The van der Waals surface area contributed by atoms with E-state index in [4.69, 9.17) is 16.3 Å². The molecule has 0 fully saturated rings. The molecule has 3 aromatic rings. The maximum atomic E-state index is 13.0. The van der Waals surface area contributed by atoms with Gasteiger partial charge in [-0.3, -0.25) is 0 Å². The highest BCUT2D eigenvalue weighted by Crippen LogP contribution is 2.37. The SMILES string of the molecule is COc1c(Cl)cc(Cc2ccc(F)cc2)cc1-c1ccccc1. The Kier molecular flexibility index (Phi) is 4.63. The van der Waals surface area contributed by atoms with Gasteiger partial charge in [-0.25, -0.2) is 4.39 Å². The van der Waals surface area contributed by atoms with Crippen molar-refractivity contribution in [2.24, 2.45) is 0 Å². The Bertz CT molecular complexity index is 798. The Labute approximate surface area is 140 Å². The molecule has 3 rings (SSSR count). The average molecular weight is 327 g/mol. The normalized spacial score (nSPS) is 10.6. The van der Waals surface area contributed by atoms with Crippen LogP contribution in [-0.2, 0) is 6.42 Å². The summed E-state index contributed by atoms with van der Waals surface area (Å²) in [5.41, 5.74) is 4.10. The van der Waals surface area contributed by atoms with Crippen LogP contribution in [0, 0.1) is 5.82 Å². The monoisotopic (exact) mass is 326 g/mol. The standard InChI is InChI=1S/C20H16ClFO/c1-23-20-18(16-5-3-2-4-6-16)12-15(13-19(20)21)11-14-7-9-17(22)10-8-14/h2-10,12-13H,11H2,1H3. The molecule has 0 aliphatic heterocycles. The van der Waals surface area contributed by atoms with Crippen molar-refractivity contribution in [2.75, 3.05) is 7.11 Å². The minimum Gasteiger partial charge on any atom is -0.495 e. The molecule has 116 valence electrons. The number of benzene rings is 3. The van der Waals surface area contributed by atoms with E-state index in [1.165, 1.54) is 12.1 Å². The Balaban J connectivity index is 2.02. The fourth-order valence-electron chi connectivity index (χ4n) is 2.63. The number of hydrogen-bond acceptors (Lipinski definition) is 1. The molecule has 0 amide bonds. The van der Waals surface area contributed by atoms with Crippen LogP contribution in [0.3, 0.4) is 0 Å². The fourth-order valence-corrected chi connectivity index (χ4v) is 2.95. The van der Waals surface area contributed by atoms with Gasteiger partial charge in [0.05, 0.1) is 12.1 Å². The van der Waals surface area contributed by atoms with Gasteiger partial charge in [0.25, 0.3) is 0 Å². The summed E-state index contributed by atoms with van der Waals surface area (Å²) in [5.74, 6) is 0.437. The molecule has 0 saturated carbocycles. The molecule has 0 bridgehead atoms. The minimum atomic E-state index is -0.230. The second-order valence-corrected chi connectivity index (χ2v) is 5.73. The van der Waals surface area contributed by atoms with Gasteiger partial charge in [-0.2, -0.15) is 0 Å². The highest BCUT2D eigenvalue weighted by molar-refractivity contribution is 6.32. The van der Waals surface area contributed by atoms with Gasteiger partial charge < -0.3 is 4.74 Å². The highest BCUT2D eigenvalue weighted by atomic mass is 35.5. The smallest absolute Gasteiger partial charge is 0.145 e. The van der Waals surface area contributed by atoms with Gasteiger partial charge in [-0.1, -0.05) is 54.1 Å². The summed E-state index contributed by atoms with van der Waals surface area (Å²) < 4.78 is 18.5. The summed E-state index contributed by atoms with van der Waals surface area (Å²) in [6.07, 6.45) is 0.684. The van der Waals surface area contributed by atoms with Crippen LogP contribution in [0.4, 0.5) is 4.39 Å². The maximum Gasteiger partial charge on any atom is 0.145 e. The summed E-state index contributed by atoms with van der Waals surface area (Å²) >= 11 is 6.39. The number of rotatable bonds is 4. The van der Waals surface area contributed by atoms with E-state index in [9.17, 15) is 4.39 Å². The van der Waals surface area contributed by atoms with E-state index < -0.39 is 0 Å². The van der Waals surface area contributed by atoms with Crippen LogP contribution in [0.5, 0.6) is 5.75 Å². The molecule has 0 aliphatic rings. The second kappa shape index (κ2) is 6.84. The summed E-state index contributed by atoms with van der Waals surface area (Å²) in [7, 11) is 1.62. The lowest BCUT2D eigenvalue weighted by molar-refractivity contribution is 0.416. The molecule has 3 heteroatoms. The van der Waals surface area contributed by atoms with E-state index in [2.05, 4.69) is 6.07 Å². The van der Waals surface area contributed by atoms with E-state index in [1.54, 1.807) is 19.2 Å². The summed E-state index contributed by atoms with van der Waals surface area (Å²) in [6, 6.07) is 20.5. The molecule has 0 aromatic heterocycles. The first kappa shape index (κ1) is 15.6. The van der Waals surface area contributed by atoms with Crippen LogP contribution >= 0.6 is 11.6 Å². The number of ether oxygens (including phenoxy) is 1. The zero-order valence-electron chi connectivity index (χ0n) is 12.7. The first-order valence-corrected chi connectivity index (χ1v) is 7.71. The van der Waals surface area contributed by atoms with Gasteiger partial charge >= 0.3 is 0 Å². The molecular weight excluding hydrogens is 311 g/mol. The van der Waals surface area contributed by atoms with Crippen molar-refractivity contribution >= 4 is 11.6 Å². The third-order valence-corrected chi connectivity index (χ3v) is 3.99. The number of methoxy groups -OCH3 is 1. The summed E-state index contributed by atoms with van der Waals surface area (Å²) in [6.45, 7) is 0. The quantitative estimate of drug-likeness (QED) is 0.593. The highest BCUT2D eigenvalue weighted by Gasteiger charge is 2.12. The van der Waals surface area contributed by atoms with E-state index in [0.29, 0.717) is 17.2 Å². The van der Waals surface area contributed by atoms with Gasteiger partial charge in [0.15, 0.2) is 0 Å². The lowest BCUT2D eigenvalue weighted by Crippen LogP contribution is -1.94. The molecular formula is C20H16ClFO. The molecule has 0 saturated heterocycles. The summed E-state index contributed by atoms with van der Waals surface area (Å²) in [5, 5.41) is 0.575.